The Labute approximate surface area is 71.4 Å². The third-order valence-corrected chi connectivity index (χ3v) is 1.43. The Morgan fingerprint density at radius 1 is 1.46 bits per heavy atom. The van der Waals surface area contributed by atoms with Crippen molar-refractivity contribution in [1.29, 1.82) is 0 Å². The zero-order valence-electron chi connectivity index (χ0n) is 6.38. The van der Waals surface area contributed by atoms with Crippen molar-refractivity contribution >= 4 is 5.91 Å². The monoisotopic (exact) mass is 188 g/mol. The predicted octanol–water partition coefficient (Wildman–Crippen LogP) is 0.411. The zero-order valence-corrected chi connectivity index (χ0v) is 6.38. The van der Waals surface area contributed by atoms with E-state index < -0.39 is 23.6 Å². The Morgan fingerprint density at radius 3 is 2.46 bits per heavy atom. The van der Waals surface area contributed by atoms with E-state index in [9.17, 15) is 18.4 Å². The van der Waals surface area contributed by atoms with Gasteiger partial charge < -0.3 is 10.7 Å². The number of halogens is 2. The molecule has 6 heteroatoms. The zero-order chi connectivity index (χ0) is 10.0. The summed E-state index contributed by atoms with van der Waals surface area (Å²) >= 11 is 0. The molecule has 1 aromatic heterocycles. The topological polar surface area (TPSA) is 76.0 Å². The van der Waals surface area contributed by atoms with Gasteiger partial charge in [0.1, 0.15) is 5.56 Å². The van der Waals surface area contributed by atoms with E-state index in [0.717, 1.165) is 12.1 Å². The maximum Gasteiger partial charge on any atom is 0.278 e. The molecule has 13 heavy (non-hydrogen) atoms. The van der Waals surface area contributed by atoms with Crippen molar-refractivity contribution in [2.24, 2.45) is 5.73 Å². The van der Waals surface area contributed by atoms with Crippen molar-refractivity contribution in [1.82, 2.24) is 4.98 Å². The minimum absolute atomic E-state index is 0.329. The third kappa shape index (κ3) is 1.90. The molecular formula is C7H6F2N2O2. The molecule has 0 aliphatic carbocycles. The first kappa shape index (κ1) is 9.37. The molecule has 0 aromatic carbocycles. The molecule has 1 heterocycles. The third-order valence-electron chi connectivity index (χ3n) is 1.43. The van der Waals surface area contributed by atoms with Crippen molar-refractivity contribution in [2.45, 2.75) is 6.43 Å². The molecule has 0 unspecified atom stereocenters. The number of aromatic nitrogens is 1. The van der Waals surface area contributed by atoms with Crippen LogP contribution < -0.4 is 11.3 Å². The minimum atomic E-state index is -2.77. The first-order valence-electron chi connectivity index (χ1n) is 3.33. The van der Waals surface area contributed by atoms with Crippen molar-refractivity contribution in [3.63, 3.8) is 0 Å². The summed E-state index contributed by atoms with van der Waals surface area (Å²) in [6, 6.07) is 1.93. The molecule has 0 spiro atoms. The molecule has 1 rings (SSSR count). The quantitative estimate of drug-likeness (QED) is 0.705. The van der Waals surface area contributed by atoms with E-state index in [1.807, 2.05) is 4.98 Å². The first-order valence-corrected chi connectivity index (χ1v) is 3.33. The van der Waals surface area contributed by atoms with Gasteiger partial charge in [-0.2, -0.15) is 0 Å². The van der Waals surface area contributed by atoms with Crippen LogP contribution in [0.15, 0.2) is 16.9 Å². The number of pyridine rings is 1. The van der Waals surface area contributed by atoms with Gasteiger partial charge in [0.25, 0.3) is 17.9 Å². The molecule has 0 saturated carbocycles. The summed E-state index contributed by atoms with van der Waals surface area (Å²) < 4.78 is 24.0. The largest absolute Gasteiger partial charge is 0.365 e. The summed E-state index contributed by atoms with van der Waals surface area (Å²) in [5, 5.41) is 0. The second-order valence-corrected chi connectivity index (χ2v) is 2.32. The highest BCUT2D eigenvalue weighted by atomic mass is 19.3. The van der Waals surface area contributed by atoms with Crippen LogP contribution in [0.5, 0.6) is 0 Å². The van der Waals surface area contributed by atoms with Crippen molar-refractivity contribution < 1.29 is 13.6 Å². The summed E-state index contributed by atoms with van der Waals surface area (Å²) in [5.74, 6) is -0.943. The molecule has 1 amide bonds. The molecule has 1 aromatic rings. The van der Waals surface area contributed by atoms with Gasteiger partial charge in [0.2, 0.25) is 0 Å². The summed E-state index contributed by atoms with van der Waals surface area (Å²) in [5.41, 5.74) is 3.03. The lowest BCUT2D eigenvalue weighted by atomic mass is 10.2. The highest BCUT2D eigenvalue weighted by Gasteiger charge is 2.11. The second kappa shape index (κ2) is 3.34. The van der Waals surface area contributed by atoms with E-state index in [1.54, 1.807) is 0 Å². The highest BCUT2D eigenvalue weighted by Crippen LogP contribution is 2.13. The number of nitrogens with one attached hydrogen (secondary N) is 1. The normalized spacial score (nSPS) is 10.4. The lowest BCUT2D eigenvalue weighted by molar-refractivity contribution is 0.0997. The smallest absolute Gasteiger partial charge is 0.278 e. The molecule has 0 fully saturated rings. The number of carbonyl (C=O) groups excluding carboxylic acids is 1. The fraction of sp³-hybridized carbons (Fsp3) is 0.143. The van der Waals surface area contributed by atoms with Gasteiger partial charge in [-0.3, -0.25) is 9.59 Å². The van der Waals surface area contributed by atoms with Crippen LogP contribution in [-0.4, -0.2) is 10.9 Å². The predicted molar refractivity (Wildman–Crippen MR) is 40.5 cm³/mol. The van der Waals surface area contributed by atoms with Gasteiger partial charge in [0.05, 0.1) is 5.69 Å². The van der Waals surface area contributed by atoms with E-state index in [1.165, 1.54) is 0 Å². The van der Waals surface area contributed by atoms with E-state index >= 15 is 0 Å². The fourth-order valence-electron chi connectivity index (χ4n) is 0.810. The van der Waals surface area contributed by atoms with Crippen LogP contribution in [0, 0.1) is 0 Å². The number of amides is 1. The Balaban J connectivity index is 3.21. The number of nitrogens with two attached hydrogens (primary N) is 1. The SMILES string of the molecule is NC(=O)c1ccc(C(F)F)[nH]c1=O. The fourth-order valence-corrected chi connectivity index (χ4v) is 0.810. The van der Waals surface area contributed by atoms with E-state index in [4.69, 9.17) is 5.73 Å². The molecule has 4 nitrogen and oxygen atoms in total. The molecular weight excluding hydrogens is 182 g/mol. The lowest BCUT2D eigenvalue weighted by Gasteiger charge is -1.99. The first-order chi connectivity index (χ1) is 6.02. The van der Waals surface area contributed by atoms with E-state index in [0.29, 0.717) is 0 Å². The number of alkyl halides is 2. The number of carbonyl (C=O) groups is 1. The molecule has 70 valence electrons. The van der Waals surface area contributed by atoms with E-state index in [-0.39, 0.29) is 5.56 Å². The summed E-state index contributed by atoms with van der Waals surface area (Å²) in [7, 11) is 0. The average molecular weight is 188 g/mol. The number of H-pyrrole nitrogens is 1. The van der Waals surface area contributed by atoms with Gasteiger partial charge >= 0.3 is 0 Å². The maximum absolute atomic E-state index is 12.0. The van der Waals surface area contributed by atoms with E-state index in [2.05, 4.69) is 0 Å². The molecule has 3 N–H and O–H groups in total. The second-order valence-electron chi connectivity index (χ2n) is 2.32. The van der Waals surface area contributed by atoms with Crippen molar-refractivity contribution in [2.75, 3.05) is 0 Å². The standard InChI is InChI=1S/C7H6F2N2O2/c8-5(9)4-2-1-3(6(10)12)7(13)11-4/h1-2,5H,(H2,10,12)(H,11,13). The summed E-state index contributed by atoms with van der Waals surface area (Å²) in [4.78, 5) is 23.3. The molecule has 0 aliphatic heterocycles. The van der Waals surface area contributed by atoms with Gasteiger partial charge in [0.15, 0.2) is 0 Å². The van der Waals surface area contributed by atoms with Crippen LogP contribution in [0.4, 0.5) is 8.78 Å². The Bertz CT molecular complexity index is 386. The van der Waals surface area contributed by atoms with Crippen LogP contribution in [0.2, 0.25) is 0 Å². The highest BCUT2D eigenvalue weighted by molar-refractivity contribution is 5.92. The van der Waals surface area contributed by atoms with Crippen molar-refractivity contribution in [3.05, 3.63) is 33.7 Å². The number of rotatable bonds is 2. The average Bonchev–Trinajstić information content (AvgIpc) is 2.03. The Kier molecular flexibility index (Phi) is 2.41. The van der Waals surface area contributed by atoms with Crippen LogP contribution in [0.3, 0.4) is 0 Å². The molecule has 0 bridgehead atoms. The molecule has 0 aliphatic rings. The van der Waals surface area contributed by atoms with Gasteiger partial charge in [-0.05, 0) is 12.1 Å². The Hall–Kier alpha value is -1.72. The number of hydrogen-bond donors (Lipinski definition) is 2. The Morgan fingerprint density at radius 2 is 2.08 bits per heavy atom. The molecule has 0 atom stereocenters. The number of aromatic amines is 1. The number of hydrogen-bond acceptors (Lipinski definition) is 2. The van der Waals surface area contributed by atoms with Crippen LogP contribution in [-0.2, 0) is 0 Å². The molecule has 0 radical (unpaired) electrons. The minimum Gasteiger partial charge on any atom is -0.365 e. The van der Waals surface area contributed by atoms with Crippen molar-refractivity contribution in [3.8, 4) is 0 Å². The lowest BCUT2D eigenvalue weighted by Crippen LogP contribution is -2.24. The summed E-state index contributed by atoms with van der Waals surface area (Å²) in [6.45, 7) is 0. The van der Waals surface area contributed by atoms with Crippen LogP contribution in [0.1, 0.15) is 22.5 Å². The van der Waals surface area contributed by atoms with Crippen LogP contribution in [0.25, 0.3) is 0 Å². The van der Waals surface area contributed by atoms with Gasteiger partial charge in [-0.25, -0.2) is 8.78 Å². The van der Waals surface area contributed by atoms with Gasteiger partial charge in [0, 0.05) is 0 Å². The maximum atomic E-state index is 12.0. The van der Waals surface area contributed by atoms with Gasteiger partial charge in [-0.1, -0.05) is 0 Å². The van der Waals surface area contributed by atoms with Gasteiger partial charge in [-0.15, -0.1) is 0 Å². The summed E-state index contributed by atoms with van der Waals surface area (Å²) in [6.07, 6.45) is -2.77. The van der Waals surface area contributed by atoms with Crippen LogP contribution >= 0.6 is 0 Å². The number of primary amides is 1. The molecule has 0 saturated heterocycles.